The number of thioether (sulfide) groups is 1. The highest BCUT2D eigenvalue weighted by Crippen LogP contribution is 2.16. The minimum Gasteiger partial charge on any atom is -0.481 e. The van der Waals surface area contributed by atoms with E-state index in [4.69, 9.17) is 5.11 Å². The first kappa shape index (κ1) is 15.6. The Hall–Kier alpha value is -1.49. The lowest BCUT2D eigenvalue weighted by Crippen LogP contribution is -2.26. The number of benzene rings is 1. The molecule has 0 radical (unpaired) electrons. The van der Waals surface area contributed by atoms with E-state index in [-0.39, 0.29) is 12.3 Å². The highest BCUT2D eigenvalue weighted by Gasteiger charge is 2.02. The van der Waals surface area contributed by atoms with Gasteiger partial charge in [-0.15, -0.1) is 11.8 Å². The fourth-order valence-corrected chi connectivity index (χ4v) is 2.27. The summed E-state index contributed by atoms with van der Waals surface area (Å²) in [4.78, 5) is 22.9. The number of carbonyl (C=O) groups is 2. The van der Waals surface area contributed by atoms with Crippen molar-refractivity contribution in [3.8, 4) is 0 Å². The third-order valence-corrected chi connectivity index (χ3v) is 3.51. The normalized spacial score (nSPS) is 10.1. The van der Waals surface area contributed by atoms with E-state index in [1.165, 1.54) is 11.8 Å². The molecule has 5 heteroatoms. The predicted octanol–water partition coefficient (Wildman–Crippen LogP) is 2.54. The molecule has 1 amide bonds. The molecule has 0 heterocycles. The summed E-state index contributed by atoms with van der Waals surface area (Å²) >= 11 is 1.51. The molecule has 0 aliphatic rings. The van der Waals surface area contributed by atoms with Gasteiger partial charge in [0.1, 0.15) is 0 Å². The molecule has 1 aromatic carbocycles. The van der Waals surface area contributed by atoms with Gasteiger partial charge in [0.05, 0.1) is 5.75 Å². The molecule has 4 nitrogen and oxygen atoms in total. The van der Waals surface area contributed by atoms with E-state index in [2.05, 4.69) is 5.32 Å². The van der Waals surface area contributed by atoms with Crippen LogP contribution in [0.2, 0.25) is 0 Å². The van der Waals surface area contributed by atoms with Crippen LogP contribution in [0.3, 0.4) is 0 Å². The molecule has 0 aromatic heterocycles. The first-order chi connectivity index (χ1) is 9.18. The van der Waals surface area contributed by atoms with Crippen molar-refractivity contribution in [3.63, 3.8) is 0 Å². The van der Waals surface area contributed by atoms with Gasteiger partial charge in [-0.25, -0.2) is 0 Å². The summed E-state index contributed by atoms with van der Waals surface area (Å²) in [5.74, 6) is -0.325. The number of amides is 1. The molecule has 19 heavy (non-hydrogen) atoms. The lowest BCUT2D eigenvalue weighted by molar-refractivity contribution is -0.137. The summed E-state index contributed by atoms with van der Waals surface area (Å²) in [5.41, 5.74) is 0. The number of nitrogens with one attached hydrogen (secondary N) is 1. The maximum absolute atomic E-state index is 11.5. The van der Waals surface area contributed by atoms with Crippen LogP contribution in [0.4, 0.5) is 0 Å². The number of carbonyl (C=O) groups excluding carboxylic acids is 1. The second kappa shape index (κ2) is 9.44. The summed E-state index contributed by atoms with van der Waals surface area (Å²) in [6, 6.07) is 9.79. The third-order valence-electron chi connectivity index (χ3n) is 2.50. The van der Waals surface area contributed by atoms with Crippen molar-refractivity contribution in [2.75, 3.05) is 12.3 Å². The average Bonchev–Trinajstić information content (AvgIpc) is 2.41. The highest BCUT2D eigenvalue weighted by molar-refractivity contribution is 8.00. The molecule has 0 aliphatic heterocycles. The zero-order valence-corrected chi connectivity index (χ0v) is 11.6. The molecule has 0 unspecified atom stereocenters. The van der Waals surface area contributed by atoms with E-state index in [0.29, 0.717) is 18.7 Å². The van der Waals surface area contributed by atoms with Crippen LogP contribution in [0.25, 0.3) is 0 Å². The minimum atomic E-state index is -0.761. The topological polar surface area (TPSA) is 66.4 Å². The van der Waals surface area contributed by atoms with Crippen LogP contribution in [0.5, 0.6) is 0 Å². The lowest BCUT2D eigenvalue weighted by Gasteiger charge is -2.04. The lowest BCUT2D eigenvalue weighted by atomic mass is 10.2. The number of carboxylic acids is 1. The molecule has 0 atom stereocenters. The molecular formula is C14H19NO3S. The fraction of sp³-hybridized carbons (Fsp3) is 0.429. The summed E-state index contributed by atoms with van der Waals surface area (Å²) in [6.07, 6.45) is 2.54. The van der Waals surface area contributed by atoms with Gasteiger partial charge in [-0.1, -0.05) is 24.6 Å². The van der Waals surface area contributed by atoms with Crippen LogP contribution in [0, 0.1) is 0 Å². The molecule has 0 bridgehead atoms. The predicted molar refractivity (Wildman–Crippen MR) is 76.3 cm³/mol. The Kier molecular flexibility index (Phi) is 7.74. The van der Waals surface area contributed by atoms with E-state index >= 15 is 0 Å². The van der Waals surface area contributed by atoms with E-state index < -0.39 is 5.97 Å². The standard InChI is InChI=1S/C14H19NO3S/c16-13(11-19-12-7-3-1-4-8-12)15-10-6-2-5-9-14(17)18/h1,3-4,7-8H,2,5-6,9-11H2,(H,15,16)(H,17,18). The molecule has 0 saturated heterocycles. The quantitative estimate of drug-likeness (QED) is 0.539. The number of rotatable bonds is 9. The van der Waals surface area contributed by atoms with Crippen molar-refractivity contribution in [3.05, 3.63) is 30.3 Å². The van der Waals surface area contributed by atoms with Crippen LogP contribution in [0.15, 0.2) is 35.2 Å². The van der Waals surface area contributed by atoms with Crippen molar-refractivity contribution in [2.24, 2.45) is 0 Å². The Morgan fingerprint density at radius 2 is 1.84 bits per heavy atom. The molecule has 1 aromatic rings. The van der Waals surface area contributed by atoms with Crippen LogP contribution < -0.4 is 5.32 Å². The largest absolute Gasteiger partial charge is 0.481 e. The van der Waals surface area contributed by atoms with E-state index in [0.717, 1.165) is 17.7 Å². The van der Waals surface area contributed by atoms with Gasteiger partial charge in [-0.2, -0.15) is 0 Å². The first-order valence-electron chi connectivity index (χ1n) is 6.35. The molecular weight excluding hydrogens is 262 g/mol. The molecule has 2 N–H and O–H groups in total. The van der Waals surface area contributed by atoms with Gasteiger partial charge in [0, 0.05) is 17.9 Å². The zero-order valence-electron chi connectivity index (χ0n) is 10.8. The van der Waals surface area contributed by atoms with Gasteiger partial charge in [0.15, 0.2) is 0 Å². The van der Waals surface area contributed by atoms with Gasteiger partial charge in [-0.05, 0) is 25.0 Å². The smallest absolute Gasteiger partial charge is 0.303 e. The Morgan fingerprint density at radius 3 is 2.53 bits per heavy atom. The summed E-state index contributed by atoms with van der Waals surface area (Å²) < 4.78 is 0. The van der Waals surface area contributed by atoms with Gasteiger partial charge in [-0.3, -0.25) is 9.59 Å². The van der Waals surface area contributed by atoms with Crippen molar-refractivity contribution < 1.29 is 14.7 Å². The molecule has 1 rings (SSSR count). The second-order valence-electron chi connectivity index (χ2n) is 4.16. The average molecular weight is 281 g/mol. The van der Waals surface area contributed by atoms with E-state index in [9.17, 15) is 9.59 Å². The number of aliphatic carboxylic acids is 1. The van der Waals surface area contributed by atoms with E-state index in [1.54, 1.807) is 0 Å². The monoisotopic (exact) mass is 281 g/mol. The number of unbranched alkanes of at least 4 members (excludes halogenated alkanes) is 2. The van der Waals surface area contributed by atoms with Crippen LogP contribution in [0.1, 0.15) is 25.7 Å². The highest BCUT2D eigenvalue weighted by atomic mass is 32.2. The fourth-order valence-electron chi connectivity index (χ4n) is 1.52. The van der Waals surface area contributed by atoms with Crippen molar-refractivity contribution in [1.82, 2.24) is 5.32 Å². The first-order valence-corrected chi connectivity index (χ1v) is 7.33. The molecule has 0 fully saturated rings. The van der Waals surface area contributed by atoms with Crippen molar-refractivity contribution in [1.29, 1.82) is 0 Å². The number of hydrogen-bond acceptors (Lipinski definition) is 3. The third kappa shape index (κ3) is 8.26. The van der Waals surface area contributed by atoms with Crippen molar-refractivity contribution in [2.45, 2.75) is 30.6 Å². The molecule has 0 aliphatic carbocycles. The Balaban J connectivity index is 2.01. The zero-order chi connectivity index (χ0) is 13.9. The Morgan fingerprint density at radius 1 is 1.11 bits per heavy atom. The maximum Gasteiger partial charge on any atom is 0.303 e. The number of hydrogen-bond donors (Lipinski definition) is 2. The Bertz CT molecular complexity index is 395. The maximum atomic E-state index is 11.5. The van der Waals surface area contributed by atoms with E-state index in [1.807, 2.05) is 30.3 Å². The molecule has 0 saturated carbocycles. The van der Waals surface area contributed by atoms with Crippen LogP contribution in [-0.2, 0) is 9.59 Å². The van der Waals surface area contributed by atoms with Crippen molar-refractivity contribution >= 4 is 23.6 Å². The van der Waals surface area contributed by atoms with Gasteiger partial charge in [0.25, 0.3) is 0 Å². The minimum absolute atomic E-state index is 0.0205. The van der Waals surface area contributed by atoms with Gasteiger partial charge in [0.2, 0.25) is 5.91 Å². The summed E-state index contributed by atoms with van der Waals surface area (Å²) in [6.45, 7) is 0.619. The number of carboxylic acid groups (broad SMARTS) is 1. The van der Waals surface area contributed by atoms with Gasteiger partial charge >= 0.3 is 5.97 Å². The molecule has 104 valence electrons. The summed E-state index contributed by atoms with van der Waals surface area (Å²) in [5, 5.41) is 11.3. The van der Waals surface area contributed by atoms with Gasteiger partial charge < -0.3 is 10.4 Å². The summed E-state index contributed by atoms with van der Waals surface area (Å²) in [7, 11) is 0. The Labute approximate surface area is 117 Å². The second-order valence-corrected chi connectivity index (χ2v) is 5.20. The van der Waals surface area contributed by atoms with Crippen LogP contribution in [-0.4, -0.2) is 29.3 Å². The molecule has 0 spiro atoms. The SMILES string of the molecule is O=C(O)CCCCCNC(=O)CSc1ccccc1. The van der Waals surface area contributed by atoms with Crippen LogP contribution >= 0.6 is 11.8 Å².